The van der Waals surface area contributed by atoms with Crippen LogP contribution in [0.4, 0.5) is 4.39 Å². The molecule has 0 aromatic heterocycles. The van der Waals surface area contributed by atoms with Crippen molar-refractivity contribution < 1.29 is 22.3 Å². The lowest BCUT2D eigenvalue weighted by atomic mass is 10.0. The first-order valence-corrected chi connectivity index (χ1v) is 10.3. The fourth-order valence-corrected chi connectivity index (χ4v) is 5.12. The summed E-state index contributed by atoms with van der Waals surface area (Å²) in [4.78, 5) is 14.5. The van der Waals surface area contributed by atoms with Crippen LogP contribution in [0.5, 0.6) is 0 Å². The van der Waals surface area contributed by atoms with Crippen LogP contribution in [0.25, 0.3) is 0 Å². The van der Waals surface area contributed by atoms with Crippen LogP contribution in [0, 0.1) is 11.7 Å². The van der Waals surface area contributed by atoms with Crippen molar-refractivity contribution in [2.24, 2.45) is 5.92 Å². The number of rotatable bonds is 5. The van der Waals surface area contributed by atoms with E-state index in [1.54, 1.807) is 12.1 Å². The highest BCUT2D eigenvalue weighted by molar-refractivity contribution is 7.91. The van der Waals surface area contributed by atoms with Crippen LogP contribution in [0.3, 0.4) is 0 Å². The summed E-state index contributed by atoms with van der Waals surface area (Å²) < 4.78 is 41.7. The lowest BCUT2D eigenvalue weighted by molar-refractivity contribution is -0.124. The van der Waals surface area contributed by atoms with E-state index in [2.05, 4.69) is 10.2 Å². The Morgan fingerprint density at radius 1 is 1.28 bits per heavy atom. The molecule has 138 valence electrons. The topological polar surface area (TPSA) is 75.7 Å². The van der Waals surface area contributed by atoms with Gasteiger partial charge in [0.25, 0.3) is 0 Å². The van der Waals surface area contributed by atoms with Gasteiger partial charge in [0.1, 0.15) is 5.82 Å². The summed E-state index contributed by atoms with van der Waals surface area (Å²) in [7, 11) is -3.09. The number of morpholine rings is 1. The second-order valence-corrected chi connectivity index (χ2v) is 8.79. The zero-order chi connectivity index (χ0) is 17.9. The molecule has 2 saturated heterocycles. The van der Waals surface area contributed by atoms with Crippen LogP contribution in [-0.2, 0) is 19.4 Å². The Hall–Kier alpha value is -1.51. The SMILES string of the molecule is O=C(NCC(c1ccc(F)cc1)N1CCOCC1)C1CCS(=O)(=O)C1. The maximum absolute atomic E-state index is 13.2. The fraction of sp³-hybridized carbons (Fsp3) is 0.588. The van der Waals surface area contributed by atoms with Crippen LogP contribution in [0.1, 0.15) is 18.0 Å². The van der Waals surface area contributed by atoms with Gasteiger partial charge in [-0.25, -0.2) is 12.8 Å². The summed E-state index contributed by atoms with van der Waals surface area (Å²) in [6, 6.07) is 6.18. The summed E-state index contributed by atoms with van der Waals surface area (Å²) in [5, 5.41) is 2.89. The van der Waals surface area contributed by atoms with Crippen LogP contribution in [-0.4, -0.2) is 63.6 Å². The minimum Gasteiger partial charge on any atom is -0.379 e. The number of ether oxygens (including phenoxy) is 1. The van der Waals surface area contributed by atoms with Crippen molar-refractivity contribution >= 4 is 15.7 Å². The number of benzene rings is 1. The molecule has 2 unspecified atom stereocenters. The Morgan fingerprint density at radius 2 is 1.96 bits per heavy atom. The van der Waals surface area contributed by atoms with E-state index in [0.717, 1.165) is 18.7 Å². The summed E-state index contributed by atoms with van der Waals surface area (Å²) in [6.45, 7) is 3.06. The minimum absolute atomic E-state index is 0.0718. The van der Waals surface area contributed by atoms with Gasteiger partial charge in [0.05, 0.1) is 36.7 Å². The minimum atomic E-state index is -3.09. The van der Waals surface area contributed by atoms with Crippen molar-refractivity contribution in [3.63, 3.8) is 0 Å². The Morgan fingerprint density at radius 3 is 2.56 bits per heavy atom. The average molecular weight is 370 g/mol. The van der Waals surface area contributed by atoms with Crippen LogP contribution < -0.4 is 5.32 Å². The van der Waals surface area contributed by atoms with E-state index in [4.69, 9.17) is 4.74 Å². The number of halogens is 1. The first-order chi connectivity index (χ1) is 11.9. The molecule has 3 rings (SSSR count). The van der Waals surface area contributed by atoms with E-state index in [0.29, 0.717) is 26.2 Å². The van der Waals surface area contributed by atoms with E-state index in [9.17, 15) is 17.6 Å². The van der Waals surface area contributed by atoms with Crippen molar-refractivity contribution in [2.45, 2.75) is 12.5 Å². The first kappa shape index (κ1) is 18.3. The molecular formula is C17H23FN2O4S. The molecule has 2 atom stereocenters. The summed E-state index contributed by atoms with van der Waals surface area (Å²) in [5.74, 6) is -0.984. The van der Waals surface area contributed by atoms with Crippen molar-refractivity contribution in [1.82, 2.24) is 10.2 Å². The van der Waals surface area contributed by atoms with Crippen LogP contribution >= 0.6 is 0 Å². The second kappa shape index (κ2) is 7.80. The number of nitrogens with zero attached hydrogens (tertiary/aromatic N) is 1. The van der Waals surface area contributed by atoms with Gasteiger partial charge in [0.15, 0.2) is 9.84 Å². The van der Waals surface area contributed by atoms with E-state index in [-0.39, 0.29) is 29.3 Å². The predicted molar refractivity (Wildman–Crippen MR) is 91.3 cm³/mol. The number of hydrogen-bond donors (Lipinski definition) is 1. The van der Waals surface area contributed by atoms with Gasteiger partial charge in [-0.1, -0.05) is 12.1 Å². The lowest BCUT2D eigenvalue weighted by Crippen LogP contribution is -2.44. The quantitative estimate of drug-likeness (QED) is 0.828. The molecule has 0 radical (unpaired) electrons. The molecule has 0 bridgehead atoms. The highest BCUT2D eigenvalue weighted by Crippen LogP contribution is 2.23. The highest BCUT2D eigenvalue weighted by atomic mass is 32.2. The van der Waals surface area contributed by atoms with E-state index >= 15 is 0 Å². The standard InChI is InChI=1S/C17H23FN2O4S/c18-15-3-1-13(2-4-15)16(20-6-8-24-9-7-20)11-19-17(21)14-5-10-25(22,23)12-14/h1-4,14,16H,5-12H2,(H,19,21). The zero-order valence-corrected chi connectivity index (χ0v) is 14.8. The van der Waals surface area contributed by atoms with Gasteiger partial charge >= 0.3 is 0 Å². The number of hydrogen-bond acceptors (Lipinski definition) is 5. The van der Waals surface area contributed by atoms with E-state index in [1.807, 2.05) is 0 Å². The normalized spacial score (nSPS) is 24.8. The first-order valence-electron chi connectivity index (χ1n) is 8.50. The number of nitrogens with one attached hydrogen (secondary N) is 1. The molecule has 6 nitrogen and oxygen atoms in total. The molecule has 8 heteroatoms. The number of amides is 1. The molecular weight excluding hydrogens is 347 g/mol. The molecule has 0 aliphatic carbocycles. The Labute approximate surface area is 147 Å². The predicted octanol–water partition coefficient (Wildman–Crippen LogP) is 0.750. The summed E-state index contributed by atoms with van der Waals surface area (Å²) in [5.41, 5.74) is 0.919. The maximum atomic E-state index is 13.2. The molecule has 2 aliphatic rings. The van der Waals surface area contributed by atoms with Gasteiger partial charge in [0.2, 0.25) is 5.91 Å². The molecule has 2 fully saturated rings. The third-order valence-corrected chi connectivity index (χ3v) is 6.58. The van der Waals surface area contributed by atoms with Crippen LogP contribution in [0.2, 0.25) is 0 Å². The van der Waals surface area contributed by atoms with Gasteiger partial charge in [-0.05, 0) is 24.1 Å². The molecule has 25 heavy (non-hydrogen) atoms. The molecule has 1 aromatic rings. The third kappa shape index (κ3) is 4.77. The number of carbonyl (C=O) groups is 1. The van der Waals surface area contributed by atoms with Gasteiger partial charge in [-0.3, -0.25) is 9.69 Å². The van der Waals surface area contributed by atoms with Crippen molar-refractivity contribution in [1.29, 1.82) is 0 Å². The van der Waals surface area contributed by atoms with Gasteiger partial charge in [-0.2, -0.15) is 0 Å². The fourth-order valence-electron chi connectivity index (χ4n) is 3.38. The number of carbonyl (C=O) groups excluding carboxylic acids is 1. The molecule has 1 aromatic carbocycles. The molecule has 1 amide bonds. The second-order valence-electron chi connectivity index (χ2n) is 6.56. The molecule has 2 aliphatic heterocycles. The summed E-state index contributed by atoms with van der Waals surface area (Å²) in [6.07, 6.45) is 0.382. The summed E-state index contributed by atoms with van der Waals surface area (Å²) >= 11 is 0. The zero-order valence-electron chi connectivity index (χ0n) is 14.0. The van der Waals surface area contributed by atoms with Crippen LogP contribution in [0.15, 0.2) is 24.3 Å². The number of sulfone groups is 1. The Bertz CT molecular complexity index is 702. The Kier molecular flexibility index (Phi) is 5.71. The molecule has 0 spiro atoms. The maximum Gasteiger partial charge on any atom is 0.224 e. The van der Waals surface area contributed by atoms with Crippen molar-refractivity contribution in [3.05, 3.63) is 35.6 Å². The van der Waals surface area contributed by atoms with Crippen molar-refractivity contribution in [3.8, 4) is 0 Å². The lowest BCUT2D eigenvalue weighted by Gasteiger charge is -2.35. The van der Waals surface area contributed by atoms with Gasteiger partial charge in [0, 0.05) is 19.6 Å². The van der Waals surface area contributed by atoms with E-state index in [1.165, 1.54) is 12.1 Å². The van der Waals surface area contributed by atoms with Gasteiger partial charge < -0.3 is 10.1 Å². The molecule has 2 heterocycles. The highest BCUT2D eigenvalue weighted by Gasteiger charge is 2.33. The Balaban J connectivity index is 1.67. The third-order valence-electron chi connectivity index (χ3n) is 4.81. The van der Waals surface area contributed by atoms with E-state index < -0.39 is 15.8 Å². The monoisotopic (exact) mass is 370 g/mol. The smallest absolute Gasteiger partial charge is 0.224 e. The van der Waals surface area contributed by atoms with Crippen molar-refractivity contribution in [2.75, 3.05) is 44.4 Å². The molecule has 1 N–H and O–H groups in total. The van der Waals surface area contributed by atoms with Gasteiger partial charge in [-0.15, -0.1) is 0 Å². The largest absolute Gasteiger partial charge is 0.379 e. The average Bonchev–Trinajstić information content (AvgIpc) is 2.97. The molecule has 0 saturated carbocycles.